The molecule has 0 radical (unpaired) electrons. The molecule has 0 aliphatic carbocycles. The number of nitrogens with one attached hydrogen (secondary N) is 2. The molecule has 11 nitrogen and oxygen atoms in total. The molecule has 0 saturated carbocycles. The van der Waals surface area contributed by atoms with E-state index in [2.05, 4.69) is 37.0 Å². The second-order valence-electron chi connectivity index (χ2n) is 8.83. The molecule has 0 unspecified atom stereocenters. The van der Waals surface area contributed by atoms with Gasteiger partial charge in [0.05, 0.1) is 37.5 Å². The summed E-state index contributed by atoms with van der Waals surface area (Å²) in [5, 5.41) is 6.14. The van der Waals surface area contributed by atoms with Gasteiger partial charge in [0, 0.05) is 31.9 Å². The van der Waals surface area contributed by atoms with Crippen molar-refractivity contribution in [1.29, 1.82) is 0 Å². The summed E-state index contributed by atoms with van der Waals surface area (Å²) < 4.78 is 12.8. The van der Waals surface area contributed by atoms with Crippen molar-refractivity contribution in [2.24, 2.45) is 0 Å². The third kappa shape index (κ3) is 5.84. The summed E-state index contributed by atoms with van der Waals surface area (Å²) in [6, 6.07) is 11.3. The number of hydrogen-bond donors (Lipinski definition) is 2. The maximum absolute atomic E-state index is 12.2. The summed E-state index contributed by atoms with van der Waals surface area (Å²) in [6.07, 6.45) is 4.59. The number of likely N-dealkylation sites (N-methyl/N-ethyl adjacent to an activating group) is 2. The fraction of sp³-hybridized carbons (Fsp3) is 0.259. The Balaban J connectivity index is 1.70. The van der Waals surface area contributed by atoms with Crippen molar-refractivity contribution >= 4 is 40.1 Å². The van der Waals surface area contributed by atoms with Crippen LogP contribution in [-0.4, -0.2) is 78.8 Å². The molecule has 4 aromatic rings. The summed E-state index contributed by atoms with van der Waals surface area (Å²) in [6.45, 7) is 5.16. The Morgan fingerprint density at radius 2 is 1.82 bits per heavy atom. The van der Waals surface area contributed by atoms with Crippen LogP contribution in [0.5, 0.6) is 11.5 Å². The van der Waals surface area contributed by atoms with Crippen LogP contribution in [0.2, 0.25) is 0 Å². The average molecular weight is 517 g/mol. The van der Waals surface area contributed by atoms with E-state index in [1.807, 2.05) is 56.0 Å². The van der Waals surface area contributed by atoms with Crippen LogP contribution in [0, 0.1) is 0 Å². The van der Waals surface area contributed by atoms with Crippen molar-refractivity contribution in [1.82, 2.24) is 24.4 Å². The highest BCUT2D eigenvalue weighted by Crippen LogP contribution is 2.38. The van der Waals surface area contributed by atoms with Gasteiger partial charge in [0.2, 0.25) is 11.9 Å². The van der Waals surface area contributed by atoms with Gasteiger partial charge in [0.15, 0.2) is 5.65 Å². The van der Waals surface area contributed by atoms with Crippen LogP contribution in [0.1, 0.15) is 0 Å². The van der Waals surface area contributed by atoms with Crippen molar-refractivity contribution < 1.29 is 14.3 Å². The number of nitrogens with zero attached hydrogens (tertiary/aromatic N) is 6. The zero-order chi connectivity index (χ0) is 27.2. The lowest BCUT2D eigenvalue weighted by atomic mass is 10.2. The number of aromatic nitrogens is 4. The molecule has 0 atom stereocenters. The number of carbonyl (C=O) groups excluding carboxylic acids is 1. The van der Waals surface area contributed by atoms with E-state index >= 15 is 0 Å². The zero-order valence-electron chi connectivity index (χ0n) is 22.2. The molecular formula is C27H32N8O3. The number of carbonyl (C=O) groups is 1. The number of hydrogen-bond acceptors (Lipinski definition) is 9. The first-order valence-corrected chi connectivity index (χ1v) is 12.0. The van der Waals surface area contributed by atoms with Gasteiger partial charge in [-0.25, -0.2) is 9.97 Å². The number of amides is 1. The summed E-state index contributed by atoms with van der Waals surface area (Å²) in [4.78, 5) is 29.9. The van der Waals surface area contributed by atoms with Crippen LogP contribution in [0.15, 0.2) is 61.6 Å². The summed E-state index contributed by atoms with van der Waals surface area (Å²) >= 11 is 0. The minimum Gasteiger partial charge on any atom is -0.497 e. The average Bonchev–Trinajstić information content (AvgIpc) is 3.35. The number of anilines is 4. The van der Waals surface area contributed by atoms with E-state index in [0.717, 1.165) is 30.2 Å². The van der Waals surface area contributed by atoms with Gasteiger partial charge in [-0.05, 0) is 50.5 Å². The highest BCUT2D eigenvalue weighted by molar-refractivity contribution is 6.02. The quantitative estimate of drug-likeness (QED) is 0.288. The lowest BCUT2D eigenvalue weighted by molar-refractivity contribution is -0.111. The minimum atomic E-state index is -0.315. The molecule has 2 N–H and O–H groups in total. The molecule has 0 saturated heterocycles. The third-order valence-corrected chi connectivity index (χ3v) is 5.94. The summed E-state index contributed by atoms with van der Waals surface area (Å²) in [5.41, 5.74) is 4.16. The second kappa shape index (κ2) is 11.6. The Labute approximate surface area is 221 Å². The number of imidazole rings is 1. The van der Waals surface area contributed by atoms with Crippen LogP contribution in [-0.2, 0) is 4.79 Å². The predicted octanol–water partition coefficient (Wildman–Crippen LogP) is 3.70. The van der Waals surface area contributed by atoms with Gasteiger partial charge in [-0.2, -0.15) is 4.98 Å². The monoisotopic (exact) mass is 516 g/mol. The fourth-order valence-corrected chi connectivity index (χ4v) is 3.83. The Morgan fingerprint density at radius 1 is 1.05 bits per heavy atom. The van der Waals surface area contributed by atoms with Gasteiger partial charge < -0.3 is 29.9 Å². The first-order valence-electron chi connectivity index (χ1n) is 12.0. The van der Waals surface area contributed by atoms with E-state index < -0.39 is 0 Å². The first-order chi connectivity index (χ1) is 18.3. The van der Waals surface area contributed by atoms with Crippen molar-refractivity contribution in [3.63, 3.8) is 0 Å². The van der Waals surface area contributed by atoms with E-state index in [0.29, 0.717) is 34.2 Å². The Hall–Kier alpha value is -4.64. The van der Waals surface area contributed by atoms with Crippen molar-refractivity contribution in [2.45, 2.75) is 0 Å². The lowest BCUT2D eigenvalue weighted by Crippen LogP contribution is -2.29. The van der Waals surface area contributed by atoms with Crippen molar-refractivity contribution in [3.05, 3.63) is 61.6 Å². The molecule has 1 amide bonds. The second-order valence-corrected chi connectivity index (χ2v) is 8.83. The molecule has 2 aromatic carbocycles. The number of ether oxygens (including phenoxy) is 2. The van der Waals surface area contributed by atoms with E-state index in [-0.39, 0.29) is 5.91 Å². The SMILES string of the molecule is C=CC(=O)Nc1cc(Nc2ncc3ncn(-c4ccc(OC)cc4)c3n2)c(OC)cc1N(C)CCN(C)C. The maximum atomic E-state index is 12.2. The number of benzene rings is 2. The highest BCUT2D eigenvalue weighted by Gasteiger charge is 2.17. The van der Waals surface area contributed by atoms with E-state index in [1.165, 1.54) is 6.08 Å². The Morgan fingerprint density at radius 3 is 2.47 bits per heavy atom. The molecule has 38 heavy (non-hydrogen) atoms. The van der Waals surface area contributed by atoms with Crippen LogP contribution in [0.25, 0.3) is 16.9 Å². The van der Waals surface area contributed by atoms with Crippen LogP contribution >= 0.6 is 0 Å². The van der Waals surface area contributed by atoms with Crippen molar-refractivity contribution in [3.8, 4) is 17.2 Å². The molecule has 0 spiro atoms. The predicted molar refractivity (Wildman–Crippen MR) is 150 cm³/mol. The van der Waals surface area contributed by atoms with Crippen LogP contribution in [0.3, 0.4) is 0 Å². The number of fused-ring (bicyclic) bond motifs is 1. The summed E-state index contributed by atoms with van der Waals surface area (Å²) in [7, 11) is 9.21. The number of methoxy groups -OCH3 is 2. The third-order valence-electron chi connectivity index (χ3n) is 5.94. The van der Waals surface area contributed by atoms with E-state index in [9.17, 15) is 4.79 Å². The van der Waals surface area contributed by atoms with Gasteiger partial charge in [0.25, 0.3) is 0 Å². The highest BCUT2D eigenvalue weighted by atomic mass is 16.5. The van der Waals surface area contributed by atoms with Crippen LogP contribution in [0.4, 0.5) is 23.0 Å². The standard InChI is InChI=1S/C27H32N8O3/c1-7-25(36)30-20-14-21(24(38-6)15-23(20)34(4)13-12-33(2)3)31-27-28-16-22-26(32-27)35(17-29-22)18-8-10-19(37-5)11-9-18/h7-11,14-17H,1,12-13H2,2-6H3,(H,30,36)(H,28,31,32). The molecule has 198 valence electrons. The minimum absolute atomic E-state index is 0.315. The maximum Gasteiger partial charge on any atom is 0.247 e. The topological polar surface area (TPSA) is 110 Å². The van der Waals surface area contributed by atoms with Gasteiger partial charge in [-0.15, -0.1) is 0 Å². The lowest BCUT2D eigenvalue weighted by Gasteiger charge is -2.25. The van der Waals surface area contributed by atoms with Gasteiger partial charge in [-0.1, -0.05) is 6.58 Å². The van der Waals surface area contributed by atoms with Gasteiger partial charge in [0.1, 0.15) is 23.3 Å². The molecule has 2 heterocycles. The Bertz CT molecular complexity index is 1430. The molecule has 0 aliphatic heterocycles. The molecular weight excluding hydrogens is 484 g/mol. The van der Waals surface area contributed by atoms with E-state index in [1.54, 1.807) is 32.8 Å². The molecule has 0 fully saturated rings. The smallest absolute Gasteiger partial charge is 0.247 e. The molecule has 2 aromatic heterocycles. The number of rotatable bonds is 11. The van der Waals surface area contributed by atoms with E-state index in [4.69, 9.17) is 14.5 Å². The molecule has 0 bridgehead atoms. The fourth-order valence-electron chi connectivity index (χ4n) is 3.83. The zero-order valence-corrected chi connectivity index (χ0v) is 22.2. The first kappa shape index (κ1) is 26.4. The van der Waals surface area contributed by atoms with Crippen molar-refractivity contribution in [2.75, 3.05) is 64.0 Å². The normalized spacial score (nSPS) is 10.9. The Kier molecular flexibility index (Phi) is 8.07. The van der Waals surface area contributed by atoms with Gasteiger partial charge >= 0.3 is 0 Å². The largest absolute Gasteiger partial charge is 0.497 e. The van der Waals surface area contributed by atoms with Crippen LogP contribution < -0.4 is 25.0 Å². The molecule has 4 rings (SSSR count). The van der Waals surface area contributed by atoms with Gasteiger partial charge in [-0.3, -0.25) is 9.36 Å². The summed E-state index contributed by atoms with van der Waals surface area (Å²) in [5.74, 6) is 1.36. The molecule has 11 heteroatoms. The molecule has 0 aliphatic rings.